The second kappa shape index (κ2) is 6.78. The number of ketones is 1. The lowest BCUT2D eigenvalue weighted by Gasteiger charge is -2.23. The number of hydrogen-bond donors (Lipinski definition) is 0. The molecule has 0 bridgehead atoms. The topological polar surface area (TPSA) is 73.3 Å². The van der Waals surface area contributed by atoms with Gasteiger partial charge in [0.15, 0.2) is 0 Å². The fourth-order valence-electron chi connectivity index (χ4n) is 1.63. The van der Waals surface area contributed by atoms with Gasteiger partial charge >= 0.3 is 5.97 Å². The number of Topliss-reactive ketones (excluding diaryl/α,β-unsaturated/α-hetero) is 1. The van der Waals surface area contributed by atoms with E-state index < -0.39 is 11.4 Å². The molecule has 1 rings (SSSR count). The highest BCUT2D eigenvalue weighted by Crippen LogP contribution is 2.28. The fraction of sp³-hybridized carbons (Fsp3) is 0.429. The summed E-state index contributed by atoms with van der Waals surface area (Å²) in [5.41, 5.74) is -1.26. The zero-order valence-corrected chi connectivity index (χ0v) is 11.1. The van der Waals surface area contributed by atoms with Crippen LogP contribution in [-0.2, 0) is 14.4 Å². The highest BCUT2D eigenvalue weighted by Gasteiger charge is 2.38. The molecule has 0 aliphatic heterocycles. The summed E-state index contributed by atoms with van der Waals surface area (Å²) in [6.45, 7) is 3.15. The van der Waals surface area contributed by atoms with E-state index in [-0.39, 0.29) is 18.6 Å². The molecule has 1 unspecified atom stereocenters. The molecule has 0 radical (unpaired) electrons. The summed E-state index contributed by atoms with van der Waals surface area (Å²) >= 11 is 0. The Morgan fingerprint density at radius 1 is 1.37 bits per heavy atom. The average Bonchev–Trinajstić information content (AvgIpc) is 2.41. The normalized spacial score (nSPS) is 13.4. The first-order valence-corrected chi connectivity index (χ1v) is 6.12. The summed E-state index contributed by atoms with van der Waals surface area (Å²) in [4.78, 5) is 38.2. The van der Waals surface area contributed by atoms with Crippen molar-refractivity contribution in [1.29, 1.82) is 0 Å². The van der Waals surface area contributed by atoms with Crippen LogP contribution < -0.4 is 4.74 Å². The lowest BCUT2D eigenvalue weighted by atomic mass is 9.81. The number of aromatic nitrogens is 1. The lowest BCUT2D eigenvalue weighted by Crippen LogP contribution is -2.36. The van der Waals surface area contributed by atoms with Crippen LogP contribution in [0.1, 0.15) is 33.1 Å². The van der Waals surface area contributed by atoms with Crippen molar-refractivity contribution < 1.29 is 19.1 Å². The molecule has 0 aliphatic rings. The van der Waals surface area contributed by atoms with Gasteiger partial charge < -0.3 is 14.3 Å². The minimum absolute atomic E-state index is 0.0589. The third kappa shape index (κ3) is 3.98. The van der Waals surface area contributed by atoms with Gasteiger partial charge in [-0.3, -0.25) is 9.78 Å². The average molecular weight is 263 g/mol. The van der Waals surface area contributed by atoms with Crippen LogP contribution in [0.5, 0.6) is 5.75 Å². The summed E-state index contributed by atoms with van der Waals surface area (Å²) < 4.78 is 5.17. The zero-order chi connectivity index (χ0) is 14.3. The third-order valence-corrected chi connectivity index (χ3v) is 3.05. The van der Waals surface area contributed by atoms with Crippen molar-refractivity contribution in [2.45, 2.75) is 33.1 Å². The van der Waals surface area contributed by atoms with E-state index in [1.54, 1.807) is 6.92 Å². The number of hydrogen-bond acceptors (Lipinski definition) is 5. The molecule has 1 atom stereocenters. The first kappa shape index (κ1) is 15.0. The first-order chi connectivity index (χ1) is 9.04. The summed E-state index contributed by atoms with van der Waals surface area (Å²) in [5.74, 6) is -0.351. The Morgan fingerprint density at radius 2 is 2.00 bits per heavy atom. The molecular formula is C14H17NO4. The Bertz CT molecular complexity index is 458. The van der Waals surface area contributed by atoms with Gasteiger partial charge in [0.25, 0.3) is 0 Å². The van der Waals surface area contributed by atoms with Crippen LogP contribution in [0.2, 0.25) is 0 Å². The third-order valence-electron chi connectivity index (χ3n) is 3.05. The van der Waals surface area contributed by atoms with Crippen molar-refractivity contribution in [2.24, 2.45) is 5.41 Å². The fourth-order valence-corrected chi connectivity index (χ4v) is 1.63. The SMILES string of the molecule is CCC(C=O)(CCC(C)=O)C(=O)Oc1ccncc1. The molecule has 0 aromatic carbocycles. The quantitative estimate of drug-likeness (QED) is 0.427. The molecule has 0 spiro atoms. The van der Waals surface area contributed by atoms with Crippen LogP contribution in [0.25, 0.3) is 0 Å². The van der Waals surface area contributed by atoms with Crippen LogP contribution in [0, 0.1) is 5.41 Å². The van der Waals surface area contributed by atoms with Gasteiger partial charge in [0.2, 0.25) is 0 Å². The number of rotatable bonds is 7. The maximum atomic E-state index is 12.1. The summed E-state index contributed by atoms with van der Waals surface area (Å²) in [6.07, 6.45) is 4.22. The van der Waals surface area contributed by atoms with Crippen LogP contribution in [0.4, 0.5) is 0 Å². The van der Waals surface area contributed by atoms with Crippen LogP contribution in [-0.4, -0.2) is 23.0 Å². The largest absolute Gasteiger partial charge is 0.426 e. The van der Waals surface area contributed by atoms with Gasteiger partial charge in [-0.05, 0) is 31.9 Å². The smallest absolute Gasteiger partial charge is 0.324 e. The van der Waals surface area contributed by atoms with E-state index in [1.165, 1.54) is 31.5 Å². The summed E-state index contributed by atoms with van der Waals surface area (Å²) in [6, 6.07) is 3.07. The molecule has 0 fully saturated rings. The molecule has 102 valence electrons. The molecule has 5 nitrogen and oxygen atoms in total. The van der Waals surface area contributed by atoms with Gasteiger partial charge in [-0.15, -0.1) is 0 Å². The van der Waals surface area contributed by atoms with Crippen molar-refractivity contribution in [3.8, 4) is 5.75 Å². The maximum Gasteiger partial charge on any atom is 0.324 e. The number of pyridine rings is 1. The minimum atomic E-state index is -1.26. The van der Waals surface area contributed by atoms with Crippen molar-refractivity contribution >= 4 is 18.0 Å². The predicted molar refractivity (Wildman–Crippen MR) is 68.6 cm³/mol. The van der Waals surface area contributed by atoms with E-state index in [0.29, 0.717) is 18.5 Å². The van der Waals surface area contributed by atoms with Gasteiger partial charge in [-0.2, -0.15) is 0 Å². The van der Waals surface area contributed by atoms with Gasteiger partial charge in [0, 0.05) is 18.8 Å². The Labute approximate surface area is 112 Å². The zero-order valence-electron chi connectivity index (χ0n) is 11.1. The molecule has 0 saturated heterocycles. The maximum absolute atomic E-state index is 12.1. The van der Waals surface area contributed by atoms with Crippen LogP contribution >= 0.6 is 0 Å². The number of esters is 1. The van der Waals surface area contributed by atoms with Crippen molar-refractivity contribution in [1.82, 2.24) is 4.98 Å². The predicted octanol–water partition coefficient (Wildman–Crippen LogP) is 1.95. The van der Waals surface area contributed by atoms with Crippen LogP contribution in [0.3, 0.4) is 0 Å². The van der Waals surface area contributed by atoms with Crippen LogP contribution in [0.15, 0.2) is 24.5 Å². The van der Waals surface area contributed by atoms with E-state index >= 15 is 0 Å². The first-order valence-electron chi connectivity index (χ1n) is 6.12. The Kier molecular flexibility index (Phi) is 5.36. The monoisotopic (exact) mass is 263 g/mol. The second-order valence-electron chi connectivity index (χ2n) is 4.40. The molecule has 5 heteroatoms. The summed E-state index contributed by atoms with van der Waals surface area (Å²) in [7, 11) is 0. The number of nitrogens with zero attached hydrogens (tertiary/aromatic N) is 1. The van der Waals surface area contributed by atoms with Gasteiger partial charge in [0.05, 0.1) is 0 Å². The highest BCUT2D eigenvalue weighted by molar-refractivity contribution is 5.94. The molecule has 0 amide bonds. The van der Waals surface area contributed by atoms with E-state index in [1.807, 2.05) is 0 Å². The Hall–Kier alpha value is -2.04. The molecule has 0 aliphatic carbocycles. The van der Waals surface area contributed by atoms with E-state index in [0.717, 1.165) is 0 Å². The number of ether oxygens (including phenoxy) is 1. The van der Waals surface area contributed by atoms with Crippen molar-refractivity contribution in [3.05, 3.63) is 24.5 Å². The second-order valence-corrected chi connectivity index (χ2v) is 4.40. The van der Waals surface area contributed by atoms with E-state index in [4.69, 9.17) is 4.74 Å². The van der Waals surface area contributed by atoms with Gasteiger partial charge in [-0.1, -0.05) is 6.92 Å². The number of carbonyl (C=O) groups is 3. The van der Waals surface area contributed by atoms with Gasteiger partial charge in [-0.25, -0.2) is 0 Å². The Morgan fingerprint density at radius 3 is 2.47 bits per heavy atom. The molecule has 1 heterocycles. The molecule has 0 N–H and O–H groups in total. The highest BCUT2D eigenvalue weighted by atomic mass is 16.5. The van der Waals surface area contributed by atoms with Gasteiger partial charge in [0.1, 0.15) is 23.2 Å². The van der Waals surface area contributed by atoms with Crippen molar-refractivity contribution in [3.63, 3.8) is 0 Å². The standard InChI is InChI=1S/C14H17NO4/c1-3-14(10-16,7-4-11(2)17)13(18)19-12-5-8-15-9-6-12/h5-6,8-10H,3-4,7H2,1-2H3. The Balaban J connectivity index is 2.83. The lowest BCUT2D eigenvalue weighted by molar-refractivity contribution is -0.149. The van der Waals surface area contributed by atoms with E-state index in [2.05, 4.69) is 4.98 Å². The molecule has 19 heavy (non-hydrogen) atoms. The summed E-state index contributed by atoms with van der Waals surface area (Å²) in [5, 5.41) is 0. The molecule has 0 saturated carbocycles. The molecule has 1 aromatic heterocycles. The van der Waals surface area contributed by atoms with Crippen molar-refractivity contribution in [2.75, 3.05) is 0 Å². The molecule has 1 aromatic rings. The number of aldehydes is 1. The molecular weight excluding hydrogens is 246 g/mol. The number of carbonyl (C=O) groups excluding carboxylic acids is 3. The van der Waals surface area contributed by atoms with E-state index in [9.17, 15) is 14.4 Å². The minimum Gasteiger partial charge on any atom is -0.426 e.